The second kappa shape index (κ2) is 6.68. The molecule has 0 saturated carbocycles. The number of nitrogens with zero attached hydrogens (tertiary/aromatic N) is 2. The summed E-state index contributed by atoms with van der Waals surface area (Å²) in [5.41, 5.74) is 2.98. The molecule has 5 heteroatoms. The first kappa shape index (κ1) is 14.7. The minimum Gasteiger partial charge on any atom is -0.395 e. The fraction of sp³-hybridized carbons (Fsp3) is 0.235. The van der Waals surface area contributed by atoms with Gasteiger partial charge < -0.3 is 15.0 Å². The van der Waals surface area contributed by atoms with Gasteiger partial charge in [0, 0.05) is 13.1 Å². The van der Waals surface area contributed by atoms with Gasteiger partial charge in [0.15, 0.2) is 0 Å². The van der Waals surface area contributed by atoms with Crippen LogP contribution in [0.15, 0.2) is 54.9 Å². The van der Waals surface area contributed by atoms with Gasteiger partial charge in [-0.3, -0.25) is 0 Å². The Hall–Kier alpha value is -2.24. The van der Waals surface area contributed by atoms with Gasteiger partial charge in [-0.2, -0.15) is 0 Å². The Kier molecular flexibility index (Phi) is 4.46. The van der Waals surface area contributed by atoms with E-state index < -0.39 is 0 Å². The van der Waals surface area contributed by atoms with Crippen LogP contribution in [0, 0.1) is 5.82 Å². The summed E-state index contributed by atoms with van der Waals surface area (Å²) in [6.07, 6.45) is 1.81. The van der Waals surface area contributed by atoms with Gasteiger partial charge >= 0.3 is 0 Å². The number of aliphatic hydroxyl groups is 1. The summed E-state index contributed by atoms with van der Waals surface area (Å²) in [4.78, 5) is 4.39. The Morgan fingerprint density at radius 2 is 1.91 bits per heavy atom. The predicted molar refractivity (Wildman–Crippen MR) is 84.0 cm³/mol. The maximum absolute atomic E-state index is 13.1. The van der Waals surface area contributed by atoms with E-state index >= 15 is 0 Å². The predicted octanol–water partition coefficient (Wildman–Crippen LogP) is 2.50. The number of aliphatic hydroxyl groups excluding tert-OH is 1. The van der Waals surface area contributed by atoms with E-state index in [0.29, 0.717) is 13.1 Å². The third-order valence-electron chi connectivity index (χ3n) is 3.68. The molecule has 1 atom stereocenters. The number of halogens is 1. The summed E-state index contributed by atoms with van der Waals surface area (Å²) in [5.74, 6) is -0.252. The van der Waals surface area contributed by atoms with Crippen molar-refractivity contribution >= 4 is 11.0 Å². The van der Waals surface area contributed by atoms with Crippen molar-refractivity contribution in [2.24, 2.45) is 0 Å². The standard InChI is InChI=1S/C17H18FN3O/c18-14-7-5-13(6-8-14)16(19-9-10-22)11-21-12-20-15-3-1-2-4-17(15)21/h1-8,12,16,19,22H,9-11H2. The molecule has 22 heavy (non-hydrogen) atoms. The topological polar surface area (TPSA) is 50.1 Å². The summed E-state index contributed by atoms with van der Waals surface area (Å²) in [6.45, 7) is 1.20. The summed E-state index contributed by atoms with van der Waals surface area (Å²) in [5, 5.41) is 12.3. The molecule has 0 aliphatic heterocycles. The van der Waals surface area contributed by atoms with Gasteiger partial charge in [-0.25, -0.2) is 9.37 Å². The van der Waals surface area contributed by atoms with Gasteiger partial charge in [0.25, 0.3) is 0 Å². The minimum atomic E-state index is -0.252. The Morgan fingerprint density at radius 1 is 1.14 bits per heavy atom. The van der Waals surface area contributed by atoms with Crippen molar-refractivity contribution in [3.05, 3.63) is 66.2 Å². The lowest BCUT2D eigenvalue weighted by Gasteiger charge is -2.20. The van der Waals surface area contributed by atoms with Crippen molar-refractivity contribution in [1.29, 1.82) is 0 Å². The third kappa shape index (κ3) is 3.16. The van der Waals surface area contributed by atoms with Crippen molar-refractivity contribution in [3.63, 3.8) is 0 Å². The van der Waals surface area contributed by atoms with Crippen molar-refractivity contribution in [2.75, 3.05) is 13.2 Å². The second-order valence-electron chi connectivity index (χ2n) is 5.17. The molecule has 0 bridgehead atoms. The molecular formula is C17H18FN3O. The number of fused-ring (bicyclic) bond motifs is 1. The Balaban J connectivity index is 1.87. The van der Waals surface area contributed by atoms with E-state index in [1.807, 2.05) is 30.6 Å². The van der Waals surface area contributed by atoms with E-state index in [1.54, 1.807) is 12.1 Å². The van der Waals surface area contributed by atoms with Crippen LogP contribution < -0.4 is 5.32 Å². The maximum Gasteiger partial charge on any atom is 0.123 e. The highest BCUT2D eigenvalue weighted by molar-refractivity contribution is 5.74. The normalized spacial score (nSPS) is 12.6. The first-order chi connectivity index (χ1) is 10.8. The monoisotopic (exact) mass is 299 g/mol. The Morgan fingerprint density at radius 3 is 2.68 bits per heavy atom. The zero-order chi connectivity index (χ0) is 15.4. The fourth-order valence-corrected chi connectivity index (χ4v) is 2.57. The number of rotatable bonds is 6. The summed E-state index contributed by atoms with van der Waals surface area (Å²) < 4.78 is 15.2. The molecule has 0 aliphatic rings. The molecule has 0 aliphatic carbocycles. The third-order valence-corrected chi connectivity index (χ3v) is 3.68. The van der Waals surface area contributed by atoms with Gasteiger partial charge in [0.05, 0.1) is 30.0 Å². The summed E-state index contributed by atoms with van der Waals surface area (Å²) in [7, 11) is 0. The molecule has 4 nitrogen and oxygen atoms in total. The number of hydrogen-bond acceptors (Lipinski definition) is 3. The van der Waals surface area contributed by atoms with Crippen LogP contribution in [0.3, 0.4) is 0 Å². The Bertz CT molecular complexity index is 739. The van der Waals surface area contributed by atoms with Gasteiger partial charge in [-0.1, -0.05) is 24.3 Å². The van der Waals surface area contributed by atoms with E-state index in [0.717, 1.165) is 16.6 Å². The van der Waals surface area contributed by atoms with Crippen molar-refractivity contribution < 1.29 is 9.50 Å². The van der Waals surface area contributed by atoms with Crippen LogP contribution in [-0.4, -0.2) is 27.8 Å². The van der Waals surface area contributed by atoms with Gasteiger partial charge in [-0.05, 0) is 29.8 Å². The van der Waals surface area contributed by atoms with Crippen molar-refractivity contribution in [2.45, 2.75) is 12.6 Å². The highest BCUT2D eigenvalue weighted by atomic mass is 19.1. The first-order valence-corrected chi connectivity index (χ1v) is 7.27. The van der Waals surface area contributed by atoms with Crippen LogP contribution in [0.25, 0.3) is 11.0 Å². The largest absolute Gasteiger partial charge is 0.395 e. The fourth-order valence-electron chi connectivity index (χ4n) is 2.57. The number of para-hydroxylation sites is 2. The molecule has 2 aromatic carbocycles. The Labute approximate surface area is 128 Å². The van der Waals surface area contributed by atoms with Crippen molar-refractivity contribution in [3.8, 4) is 0 Å². The molecule has 0 saturated heterocycles. The smallest absolute Gasteiger partial charge is 0.123 e. The highest BCUT2D eigenvalue weighted by Gasteiger charge is 2.13. The zero-order valence-electron chi connectivity index (χ0n) is 12.1. The zero-order valence-corrected chi connectivity index (χ0v) is 12.1. The van der Waals surface area contributed by atoms with E-state index in [9.17, 15) is 4.39 Å². The molecule has 1 unspecified atom stereocenters. The number of aromatic nitrogens is 2. The average Bonchev–Trinajstić information content (AvgIpc) is 2.95. The summed E-state index contributed by atoms with van der Waals surface area (Å²) >= 11 is 0. The quantitative estimate of drug-likeness (QED) is 0.735. The van der Waals surface area contributed by atoms with Crippen LogP contribution in [0.5, 0.6) is 0 Å². The summed E-state index contributed by atoms with van der Waals surface area (Å²) in [6, 6.07) is 14.4. The number of hydrogen-bond donors (Lipinski definition) is 2. The minimum absolute atomic E-state index is 0.0228. The van der Waals surface area contributed by atoms with Crippen LogP contribution in [0.1, 0.15) is 11.6 Å². The molecule has 2 N–H and O–H groups in total. The van der Waals surface area contributed by atoms with Gasteiger partial charge in [0.1, 0.15) is 5.82 Å². The highest BCUT2D eigenvalue weighted by Crippen LogP contribution is 2.19. The second-order valence-corrected chi connectivity index (χ2v) is 5.17. The van der Waals surface area contributed by atoms with Crippen LogP contribution >= 0.6 is 0 Å². The van der Waals surface area contributed by atoms with Crippen LogP contribution in [0.2, 0.25) is 0 Å². The number of imidazole rings is 1. The average molecular weight is 299 g/mol. The van der Waals surface area contributed by atoms with E-state index in [1.165, 1.54) is 12.1 Å². The lowest BCUT2D eigenvalue weighted by atomic mass is 10.1. The molecule has 0 spiro atoms. The first-order valence-electron chi connectivity index (χ1n) is 7.27. The molecule has 3 aromatic rings. The molecule has 1 aromatic heterocycles. The lowest BCUT2D eigenvalue weighted by Crippen LogP contribution is -2.28. The molecule has 1 heterocycles. The van der Waals surface area contributed by atoms with E-state index in [4.69, 9.17) is 5.11 Å². The molecule has 0 radical (unpaired) electrons. The van der Waals surface area contributed by atoms with Crippen molar-refractivity contribution in [1.82, 2.24) is 14.9 Å². The molecular weight excluding hydrogens is 281 g/mol. The van der Waals surface area contributed by atoms with Gasteiger partial charge in [-0.15, -0.1) is 0 Å². The van der Waals surface area contributed by atoms with Crippen LogP contribution in [0.4, 0.5) is 4.39 Å². The molecule has 0 fully saturated rings. The SMILES string of the molecule is OCCNC(Cn1cnc2ccccc21)c1ccc(F)cc1. The number of benzene rings is 2. The van der Waals surface area contributed by atoms with Crippen LogP contribution in [-0.2, 0) is 6.54 Å². The van der Waals surface area contributed by atoms with Gasteiger partial charge in [0.2, 0.25) is 0 Å². The molecule has 114 valence electrons. The lowest BCUT2D eigenvalue weighted by molar-refractivity contribution is 0.281. The van der Waals surface area contributed by atoms with E-state index in [2.05, 4.69) is 14.9 Å². The molecule has 0 amide bonds. The molecule has 3 rings (SSSR count). The van der Waals surface area contributed by atoms with E-state index in [-0.39, 0.29) is 18.5 Å². The number of nitrogens with one attached hydrogen (secondary N) is 1. The maximum atomic E-state index is 13.1.